The molecule has 1 N–H and O–H groups in total. The molecule has 4 heteroatoms. The van der Waals surface area contributed by atoms with Crippen molar-refractivity contribution in [2.75, 3.05) is 27.9 Å². The number of nitrogens with one attached hydrogen (secondary N) is 1. The van der Waals surface area contributed by atoms with Crippen LogP contribution >= 0.6 is 0 Å². The molecule has 0 saturated heterocycles. The molecule has 4 nitrogen and oxygen atoms in total. The standard InChI is InChI=1S/C14H23NO3/c1-14(2,17-5)13(15-3)10-18-12-8-6-11(16-4)7-9-12/h6-9,13,15H,10H2,1-5H3. The minimum atomic E-state index is -0.277. The second-order valence-electron chi connectivity index (χ2n) is 4.64. The highest BCUT2D eigenvalue weighted by molar-refractivity contribution is 5.31. The first-order chi connectivity index (χ1) is 8.53. The SMILES string of the molecule is CNC(COc1ccc(OC)cc1)C(C)(C)OC. The van der Waals surface area contributed by atoms with Crippen molar-refractivity contribution in [3.05, 3.63) is 24.3 Å². The maximum Gasteiger partial charge on any atom is 0.119 e. The summed E-state index contributed by atoms with van der Waals surface area (Å²) in [6.45, 7) is 4.61. The Morgan fingerprint density at radius 1 is 1.11 bits per heavy atom. The van der Waals surface area contributed by atoms with Gasteiger partial charge in [0.05, 0.1) is 18.8 Å². The van der Waals surface area contributed by atoms with Gasteiger partial charge in [0.25, 0.3) is 0 Å². The summed E-state index contributed by atoms with van der Waals surface area (Å²) in [6.07, 6.45) is 0. The van der Waals surface area contributed by atoms with Crippen LogP contribution in [-0.2, 0) is 4.74 Å². The summed E-state index contributed by atoms with van der Waals surface area (Å²) in [4.78, 5) is 0. The predicted octanol–water partition coefficient (Wildman–Crippen LogP) is 2.09. The molecule has 0 aliphatic rings. The summed E-state index contributed by atoms with van der Waals surface area (Å²) in [5.74, 6) is 1.65. The Bertz CT molecular complexity index is 349. The number of likely N-dealkylation sites (N-methyl/N-ethyl adjacent to an activating group) is 1. The van der Waals surface area contributed by atoms with Gasteiger partial charge in [-0.2, -0.15) is 0 Å². The van der Waals surface area contributed by atoms with Gasteiger partial charge < -0.3 is 19.5 Å². The lowest BCUT2D eigenvalue weighted by Gasteiger charge is -2.32. The van der Waals surface area contributed by atoms with Gasteiger partial charge in [-0.05, 0) is 45.2 Å². The van der Waals surface area contributed by atoms with E-state index >= 15 is 0 Å². The highest BCUT2D eigenvalue weighted by Gasteiger charge is 2.28. The van der Waals surface area contributed by atoms with Crippen LogP contribution in [0.4, 0.5) is 0 Å². The fourth-order valence-electron chi connectivity index (χ4n) is 1.63. The van der Waals surface area contributed by atoms with Crippen LogP contribution in [0.25, 0.3) is 0 Å². The second kappa shape index (κ2) is 6.61. The van der Waals surface area contributed by atoms with Gasteiger partial charge in [0.15, 0.2) is 0 Å². The van der Waals surface area contributed by atoms with Crippen LogP contribution in [0.5, 0.6) is 11.5 Å². The molecule has 0 heterocycles. The van der Waals surface area contributed by atoms with Gasteiger partial charge in [-0.15, -0.1) is 0 Å². The lowest BCUT2D eigenvalue weighted by atomic mass is 9.99. The van der Waals surface area contributed by atoms with Crippen molar-refractivity contribution >= 4 is 0 Å². The van der Waals surface area contributed by atoms with Crippen LogP contribution in [0.2, 0.25) is 0 Å². The summed E-state index contributed by atoms with van der Waals surface area (Å²) in [5.41, 5.74) is -0.277. The normalized spacial score (nSPS) is 13.2. The van der Waals surface area contributed by atoms with E-state index in [0.717, 1.165) is 11.5 Å². The largest absolute Gasteiger partial charge is 0.497 e. The topological polar surface area (TPSA) is 39.7 Å². The summed E-state index contributed by atoms with van der Waals surface area (Å²) in [6, 6.07) is 7.66. The Morgan fingerprint density at radius 2 is 1.67 bits per heavy atom. The molecule has 1 atom stereocenters. The molecule has 1 aromatic carbocycles. The molecule has 1 unspecified atom stereocenters. The number of ether oxygens (including phenoxy) is 3. The summed E-state index contributed by atoms with van der Waals surface area (Å²) in [7, 11) is 5.26. The number of hydrogen-bond acceptors (Lipinski definition) is 4. The van der Waals surface area contributed by atoms with E-state index in [2.05, 4.69) is 5.32 Å². The Morgan fingerprint density at radius 3 is 2.11 bits per heavy atom. The third-order valence-electron chi connectivity index (χ3n) is 3.19. The minimum absolute atomic E-state index is 0.115. The zero-order valence-corrected chi connectivity index (χ0v) is 11.8. The van der Waals surface area contributed by atoms with Gasteiger partial charge in [0.2, 0.25) is 0 Å². The molecule has 0 saturated carbocycles. The first-order valence-corrected chi connectivity index (χ1v) is 6.02. The predicted molar refractivity (Wildman–Crippen MR) is 72.4 cm³/mol. The van der Waals surface area contributed by atoms with E-state index in [1.54, 1.807) is 14.2 Å². The highest BCUT2D eigenvalue weighted by Crippen LogP contribution is 2.19. The molecule has 102 valence electrons. The molecule has 1 aromatic rings. The molecule has 0 aliphatic carbocycles. The third kappa shape index (κ3) is 3.89. The van der Waals surface area contributed by atoms with Crippen molar-refractivity contribution in [2.45, 2.75) is 25.5 Å². The summed E-state index contributed by atoms with van der Waals surface area (Å²) < 4.78 is 16.3. The molecule has 0 fully saturated rings. The maximum absolute atomic E-state index is 5.75. The van der Waals surface area contributed by atoms with Gasteiger partial charge in [0.1, 0.15) is 18.1 Å². The average molecular weight is 253 g/mol. The fraction of sp³-hybridized carbons (Fsp3) is 0.571. The monoisotopic (exact) mass is 253 g/mol. The van der Waals surface area contributed by atoms with E-state index < -0.39 is 0 Å². The van der Waals surface area contributed by atoms with Gasteiger partial charge in [-0.3, -0.25) is 0 Å². The minimum Gasteiger partial charge on any atom is -0.497 e. The van der Waals surface area contributed by atoms with Crippen LogP contribution in [0.15, 0.2) is 24.3 Å². The van der Waals surface area contributed by atoms with Crippen LogP contribution < -0.4 is 14.8 Å². The van der Waals surface area contributed by atoms with Gasteiger partial charge in [-0.25, -0.2) is 0 Å². The van der Waals surface area contributed by atoms with Crippen molar-refractivity contribution < 1.29 is 14.2 Å². The van der Waals surface area contributed by atoms with E-state index in [-0.39, 0.29) is 11.6 Å². The van der Waals surface area contributed by atoms with Gasteiger partial charge in [-0.1, -0.05) is 0 Å². The third-order valence-corrected chi connectivity index (χ3v) is 3.19. The molecule has 0 aromatic heterocycles. The Kier molecular flexibility index (Phi) is 5.44. The van der Waals surface area contributed by atoms with Crippen LogP contribution in [0, 0.1) is 0 Å². The average Bonchev–Trinajstić information content (AvgIpc) is 2.40. The Balaban J connectivity index is 2.57. The zero-order chi connectivity index (χ0) is 13.6. The first-order valence-electron chi connectivity index (χ1n) is 6.02. The second-order valence-corrected chi connectivity index (χ2v) is 4.64. The lowest BCUT2D eigenvalue weighted by molar-refractivity contribution is -0.0204. The number of hydrogen-bond donors (Lipinski definition) is 1. The van der Waals surface area contributed by atoms with E-state index in [1.807, 2.05) is 45.2 Å². The van der Waals surface area contributed by atoms with Crippen molar-refractivity contribution in [1.29, 1.82) is 0 Å². The van der Waals surface area contributed by atoms with Crippen molar-refractivity contribution in [2.24, 2.45) is 0 Å². The molecule has 0 spiro atoms. The van der Waals surface area contributed by atoms with Gasteiger partial charge in [0, 0.05) is 7.11 Å². The van der Waals surface area contributed by atoms with Gasteiger partial charge >= 0.3 is 0 Å². The Labute approximate surface area is 109 Å². The molecule has 0 aliphatic heterocycles. The number of benzene rings is 1. The van der Waals surface area contributed by atoms with Crippen LogP contribution in [-0.4, -0.2) is 39.5 Å². The van der Waals surface area contributed by atoms with Crippen molar-refractivity contribution in [3.8, 4) is 11.5 Å². The molecule has 0 bridgehead atoms. The van der Waals surface area contributed by atoms with E-state index in [0.29, 0.717) is 6.61 Å². The number of methoxy groups -OCH3 is 2. The molecular weight excluding hydrogens is 230 g/mol. The molecule has 18 heavy (non-hydrogen) atoms. The van der Waals surface area contributed by atoms with E-state index in [9.17, 15) is 0 Å². The van der Waals surface area contributed by atoms with Crippen LogP contribution in [0.1, 0.15) is 13.8 Å². The van der Waals surface area contributed by atoms with E-state index in [1.165, 1.54) is 0 Å². The quantitative estimate of drug-likeness (QED) is 0.807. The lowest BCUT2D eigenvalue weighted by Crippen LogP contribution is -2.50. The maximum atomic E-state index is 5.75. The molecule has 0 amide bonds. The Hall–Kier alpha value is -1.26. The smallest absolute Gasteiger partial charge is 0.119 e. The summed E-state index contributed by atoms with van der Waals surface area (Å²) >= 11 is 0. The molecular formula is C14H23NO3. The van der Waals surface area contributed by atoms with Crippen molar-refractivity contribution in [1.82, 2.24) is 5.32 Å². The fourth-order valence-corrected chi connectivity index (χ4v) is 1.63. The first kappa shape index (κ1) is 14.8. The van der Waals surface area contributed by atoms with E-state index in [4.69, 9.17) is 14.2 Å². The van der Waals surface area contributed by atoms with Crippen LogP contribution in [0.3, 0.4) is 0 Å². The molecule has 1 rings (SSSR count). The summed E-state index contributed by atoms with van der Waals surface area (Å²) in [5, 5.41) is 3.21. The van der Waals surface area contributed by atoms with Crippen molar-refractivity contribution in [3.63, 3.8) is 0 Å². The highest BCUT2D eigenvalue weighted by atomic mass is 16.5. The number of rotatable bonds is 7. The zero-order valence-electron chi connectivity index (χ0n) is 11.8. The molecule has 0 radical (unpaired) electrons.